The summed E-state index contributed by atoms with van der Waals surface area (Å²) >= 11 is 0. The summed E-state index contributed by atoms with van der Waals surface area (Å²) in [6.45, 7) is 4.12. The lowest BCUT2D eigenvalue weighted by atomic mass is 10.3. The predicted octanol–water partition coefficient (Wildman–Crippen LogP) is 2.08. The van der Waals surface area contributed by atoms with E-state index in [1.807, 2.05) is 38.5 Å². The molecule has 0 aromatic carbocycles. The van der Waals surface area contributed by atoms with Crippen molar-refractivity contribution >= 4 is 17.3 Å². The second kappa shape index (κ2) is 4.38. The predicted molar refractivity (Wildman–Crippen MR) is 73.6 cm³/mol. The van der Waals surface area contributed by atoms with Crippen LogP contribution in [0.1, 0.15) is 18.2 Å². The normalized spacial score (nSPS) is 11.1. The largest absolute Gasteiger partial charge is 0.320 e. The molecule has 0 saturated carbocycles. The van der Waals surface area contributed by atoms with Crippen LogP contribution in [0.25, 0.3) is 5.65 Å². The lowest BCUT2D eigenvalue weighted by Crippen LogP contribution is -1.95. The monoisotopic (exact) mass is 256 g/mol. The molecule has 3 rings (SSSR count). The Bertz CT molecular complexity index is 724. The molecule has 19 heavy (non-hydrogen) atoms. The van der Waals surface area contributed by atoms with Crippen LogP contribution in [0.4, 0.5) is 11.6 Å². The quantitative estimate of drug-likeness (QED) is 0.779. The molecule has 6 nitrogen and oxygen atoms in total. The van der Waals surface area contributed by atoms with Gasteiger partial charge in [0.1, 0.15) is 0 Å². The number of aryl methyl sites for hydroxylation is 3. The number of nitrogens with zero attached hydrogens (tertiary/aromatic N) is 5. The first-order valence-electron chi connectivity index (χ1n) is 6.28. The summed E-state index contributed by atoms with van der Waals surface area (Å²) in [6, 6.07) is 4.01. The molecule has 3 aromatic heterocycles. The van der Waals surface area contributed by atoms with Crippen molar-refractivity contribution in [3.63, 3.8) is 0 Å². The van der Waals surface area contributed by atoms with Crippen LogP contribution in [0.15, 0.2) is 24.5 Å². The molecule has 0 aliphatic carbocycles. The summed E-state index contributed by atoms with van der Waals surface area (Å²) in [5, 5.41) is 12.0. The zero-order valence-electron chi connectivity index (χ0n) is 11.3. The van der Waals surface area contributed by atoms with E-state index in [1.165, 1.54) is 5.56 Å². The highest BCUT2D eigenvalue weighted by molar-refractivity contribution is 5.57. The van der Waals surface area contributed by atoms with E-state index in [9.17, 15) is 0 Å². The minimum atomic E-state index is 0.591. The molecule has 1 N–H and O–H groups in total. The Labute approximate surface area is 111 Å². The van der Waals surface area contributed by atoms with Gasteiger partial charge in [0.15, 0.2) is 5.65 Å². The third kappa shape index (κ3) is 2.16. The van der Waals surface area contributed by atoms with Crippen molar-refractivity contribution in [2.75, 3.05) is 5.32 Å². The van der Waals surface area contributed by atoms with E-state index in [0.29, 0.717) is 5.95 Å². The van der Waals surface area contributed by atoms with Crippen LogP contribution in [0.5, 0.6) is 0 Å². The summed E-state index contributed by atoms with van der Waals surface area (Å²) in [5.74, 6) is 0.591. The summed E-state index contributed by atoms with van der Waals surface area (Å²) in [6.07, 6.45) is 4.72. The van der Waals surface area contributed by atoms with E-state index < -0.39 is 0 Å². The van der Waals surface area contributed by atoms with Crippen molar-refractivity contribution in [3.8, 4) is 0 Å². The SMILES string of the molecule is CCc1nn(C)cc1Nc1nc2cc(C)ccn2n1. The van der Waals surface area contributed by atoms with Gasteiger partial charge in [0, 0.05) is 19.4 Å². The molecular formula is C13H16N6. The van der Waals surface area contributed by atoms with Crippen molar-refractivity contribution in [1.29, 1.82) is 0 Å². The highest BCUT2D eigenvalue weighted by Crippen LogP contribution is 2.18. The lowest BCUT2D eigenvalue weighted by Gasteiger charge is -1.98. The average molecular weight is 256 g/mol. The first kappa shape index (κ1) is 11.7. The maximum Gasteiger partial charge on any atom is 0.247 e. The first-order chi connectivity index (χ1) is 9.15. The van der Waals surface area contributed by atoms with Crippen molar-refractivity contribution in [2.45, 2.75) is 20.3 Å². The van der Waals surface area contributed by atoms with Gasteiger partial charge in [-0.25, -0.2) is 4.52 Å². The number of anilines is 2. The zero-order chi connectivity index (χ0) is 13.4. The number of rotatable bonds is 3. The molecule has 98 valence electrons. The van der Waals surface area contributed by atoms with Crippen molar-refractivity contribution < 1.29 is 0 Å². The van der Waals surface area contributed by atoms with Gasteiger partial charge in [0.05, 0.1) is 11.4 Å². The van der Waals surface area contributed by atoms with Crippen molar-refractivity contribution in [1.82, 2.24) is 24.4 Å². The molecule has 3 aromatic rings. The van der Waals surface area contributed by atoms with Gasteiger partial charge < -0.3 is 5.32 Å². The lowest BCUT2D eigenvalue weighted by molar-refractivity contribution is 0.746. The number of nitrogens with one attached hydrogen (secondary N) is 1. The number of fused-ring (bicyclic) bond motifs is 1. The minimum absolute atomic E-state index is 0.591. The van der Waals surface area contributed by atoms with Crippen LogP contribution in [-0.4, -0.2) is 24.4 Å². The first-order valence-corrected chi connectivity index (χ1v) is 6.28. The second-order valence-corrected chi connectivity index (χ2v) is 4.58. The van der Waals surface area contributed by atoms with Crippen LogP contribution in [-0.2, 0) is 13.5 Å². The molecule has 0 spiro atoms. The number of hydrogen-bond donors (Lipinski definition) is 1. The van der Waals surface area contributed by atoms with Crippen molar-refractivity contribution in [2.24, 2.45) is 7.05 Å². The van der Waals surface area contributed by atoms with E-state index >= 15 is 0 Å². The van der Waals surface area contributed by atoms with Crippen LogP contribution in [0.2, 0.25) is 0 Å². The molecule has 0 atom stereocenters. The number of aromatic nitrogens is 5. The van der Waals surface area contributed by atoms with Gasteiger partial charge in [-0.05, 0) is 31.0 Å². The van der Waals surface area contributed by atoms with Crippen LogP contribution in [0, 0.1) is 6.92 Å². The van der Waals surface area contributed by atoms with Gasteiger partial charge >= 0.3 is 0 Å². The molecule has 6 heteroatoms. The summed E-state index contributed by atoms with van der Waals surface area (Å²) in [5.41, 5.74) is 3.97. The summed E-state index contributed by atoms with van der Waals surface area (Å²) in [4.78, 5) is 4.46. The molecule has 0 bridgehead atoms. The fourth-order valence-corrected chi connectivity index (χ4v) is 2.06. The Kier molecular flexibility index (Phi) is 2.70. The third-order valence-electron chi connectivity index (χ3n) is 2.98. The van der Waals surface area contributed by atoms with Gasteiger partial charge in [0.2, 0.25) is 5.95 Å². The maximum absolute atomic E-state index is 4.46. The average Bonchev–Trinajstić information content (AvgIpc) is 2.92. The van der Waals surface area contributed by atoms with Gasteiger partial charge in [-0.15, -0.1) is 5.10 Å². The maximum atomic E-state index is 4.46. The Morgan fingerprint density at radius 1 is 1.32 bits per heavy atom. The van der Waals surface area contributed by atoms with Gasteiger partial charge in [-0.1, -0.05) is 6.92 Å². The van der Waals surface area contributed by atoms with Gasteiger partial charge in [-0.2, -0.15) is 10.1 Å². The molecule has 0 saturated heterocycles. The molecule has 0 radical (unpaired) electrons. The molecule has 0 unspecified atom stereocenters. The standard InChI is InChI=1S/C13H16N6/c1-4-10-11(8-18(3)16-10)14-13-15-12-7-9(2)5-6-19(12)17-13/h5-8H,4H2,1-3H3,(H,14,17). The van der Waals surface area contributed by atoms with E-state index in [1.54, 1.807) is 9.20 Å². The highest BCUT2D eigenvalue weighted by Gasteiger charge is 2.09. The Balaban J connectivity index is 1.96. The van der Waals surface area contributed by atoms with E-state index in [2.05, 4.69) is 27.4 Å². The molecule has 0 aliphatic rings. The van der Waals surface area contributed by atoms with E-state index in [-0.39, 0.29) is 0 Å². The molecule has 0 fully saturated rings. The highest BCUT2D eigenvalue weighted by atomic mass is 15.4. The van der Waals surface area contributed by atoms with E-state index in [4.69, 9.17) is 0 Å². The number of pyridine rings is 1. The van der Waals surface area contributed by atoms with Crippen LogP contribution >= 0.6 is 0 Å². The molecular weight excluding hydrogens is 240 g/mol. The summed E-state index contributed by atoms with van der Waals surface area (Å²) in [7, 11) is 1.91. The molecule has 0 aliphatic heterocycles. The van der Waals surface area contributed by atoms with Crippen LogP contribution in [0.3, 0.4) is 0 Å². The van der Waals surface area contributed by atoms with Crippen molar-refractivity contribution in [3.05, 3.63) is 35.8 Å². The smallest absolute Gasteiger partial charge is 0.247 e. The van der Waals surface area contributed by atoms with Gasteiger partial charge in [0.25, 0.3) is 0 Å². The Morgan fingerprint density at radius 3 is 2.95 bits per heavy atom. The minimum Gasteiger partial charge on any atom is -0.320 e. The molecule has 3 heterocycles. The third-order valence-corrected chi connectivity index (χ3v) is 2.98. The van der Waals surface area contributed by atoms with Gasteiger partial charge in [-0.3, -0.25) is 4.68 Å². The summed E-state index contributed by atoms with van der Waals surface area (Å²) < 4.78 is 3.55. The van der Waals surface area contributed by atoms with Crippen LogP contribution < -0.4 is 5.32 Å². The Hall–Kier alpha value is -2.37. The second-order valence-electron chi connectivity index (χ2n) is 4.58. The zero-order valence-corrected chi connectivity index (χ0v) is 11.3. The number of hydrogen-bond acceptors (Lipinski definition) is 4. The fourth-order valence-electron chi connectivity index (χ4n) is 2.06. The topological polar surface area (TPSA) is 60.0 Å². The fraction of sp³-hybridized carbons (Fsp3) is 0.308. The van der Waals surface area contributed by atoms with E-state index in [0.717, 1.165) is 23.4 Å². The molecule has 0 amide bonds. The Morgan fingerprint density at radius 2 is 2.16 bits per heavy atom.